The number of allylic oxidation sites excluding steroid dienone is 3. The first kappa shape index (κ1) is 11.0. The van der Waals surface area contributed by atoms with Crippen molar-refractivity contribution < 1.29 is 9.90 Å². The molecule has 68 valence electrons. The molecule has 0 aromatic carbocycles. The highest BCUT2D eigenvalue weighted by Gasteiger charge is 1.84. The van der Waals surface area contributed by atoms with Gasteiger partial charge in [-0.25, -0.2) is 4.79 Å². The summed E-state index contributed by atoms with van der Waals surface area (Å²) >= 11 is 0. The van der Waals surface area contributed by atoms with Gasteiger partial charge in [-0.05, 0) is 25.7 Å². The van der Waals surface area contributed by atoms with Crippen molar-refractivity contribution in [1.29, 1.82) is 0 Å². The van der Waals surface area contributed by atoms with Crippen LogP contribution in [0.4, 0.5) is 0 Å². The van der Waals surface area contributed by atoms with Crippen LogP contribution in [-0.2, 0) is 4.79 Å². The number of unbranched alkanes of at least 4 members (excludes halogenated alkanes) is 2. The molecule has 0 aliphatic carbocycles. The molecule has 0 aliphatic heterocycles. The molecule has 0 bridgehead atoms. The predicted octanol–water partition coefficient (Wildman–Crippen LogP) is 2.76. The Balaban J connectivity index is 3.21. The van der Waals surface area contributed by atoms with Crippen LogP contribution in [0.5, 0.6) is 0 Å². The minimum Gasteiger partial charge on any atom is -0.478 e. The summed E-state index contributed by atoms with van der Waals surface area (Å²) in [5.74, 6) is -0.862. The zero-order valence-electron chi connectivity index (χ0n) is 7.49. The fraction of sp³-hybridized carbons (Fsp3) is 0.500. The van der Waals surface area contributed by atoms with Crippen LogP contribution in [0.15, 0.2) is 24.3 Å². The van der Waals surface area contributed by atoms with E-state index in [4.69, 9.17) is 5.11 Å². The standard InChI is InChI=1S/C10H16O2/c1-2-3-4-5-6-7-8-9-10(11)12/h3-4,8-9H,2,5-7H2,1H3,(H,11,12)/b4-3-,9-8+. The second-order valence-corrected chi connectivity index (χ2v) is 2.55. The molecule has 2 heteroatoms. The van der Waals surface area contributed by atoms with E-state index >= 15 is 0 Å². The molecule has 0 atom stereocenters. The van der Waals surface area contributed by atoms with Crippen LogP contribution < -0.4 is 0 Å². The largest absolute Gasteiger partial charge is 0.478 e. The van der Waals surface area contributed by atoms with Gasteiger partial charge in [0.2, 0.25) is 0 Å². The molecule has 0 aromatic rings. The Hall–Kier alpha value is -1.05. The molecule has 12 heavy (non-hydrogen) atoms. The van der Waals surface area contributed by atoms with E-state index < -0.39 is 5.97 Å². The van der Waals surface area contributed by atoms with Gasteiger partial charge in [0.05, 0.1) is 0 Å². The molecule has 0 spiro atoms. The highest BCUT2D eigenvalue weighted by molar-refractivity contribution is 5.79. The van der Waals surface area contributed by atoms with Crippen LogP contribution in [0, 0.1) is 0 Å². The topological polar surface area (TPSA) is 37.3 Å². The van der Waals surface area contributed by atoms with Crippen LogP contribution in [0.3, 0.4) is 0 Å². The minimum absolute atomic E-state index is 0.848. The third-order valence-corrected chi connectivity index (χ3v) is 1.40. The first-order valence-electron chi connectivity index (χ1n) is 4.31. The second-order valence-electron chi connectivity index (χ2n) is 2.55. The van der Waals surface area contributed by atoms with Gasteiger partial charge in [-0.1, -0.05) is 25.2 Å². The summed E-state index contributed by atoms with van der Waals surface area (Å²) in [6, 6.07) is 0. The Kier molecular flexibility index (Phi) is 7.35. The zero-order chi connectivity index (χ0) is 9.23. The fourth-order valence-corrected chi connectivity index (χ4v) is 0.822. The fourth-order valence-electron chi connectivity index (χ4n) is 0.822. The monoisotopic (exact) mass is 168 g/mol. The molecule has 0 saturated carbocycles. The number of rotatable bonds is 6. The smallest absolute Gasteiger partial charge is 0.327 e. The van der Waals surface area contributed by atoms with Crippen LogP contribution in [0.25, 0.3) is 0 Å². The molecule has 0 heterocycles. The van der Waals surface area contributed by atoms with Gasteiger partial charge in [0.25, 0.3) is 0 Å². The average molecular weight is 168 g/mol. The van der Waals surface area contributed by atoms with E-state index in [2.05, 4.69) is 19.1 Å². The number of aliphatic carboxylic acids is 1. The van der Waals surface area contributed by atoms with Gasteiger partial charge < -0.3 is 5.11 Å². The van der Waals surface area contributed by atoms with Crippen LogP contribution in [0.2, 0.25) is 0 Å². The van der Waals surface area contributed by atoms with Gasteiger partial charge in [0.1, 0.15) is 0 Å². The van der Waals surface area contributed by atoms with E-state index in [0.717, 1.165) is 25.7 Å². The maximum atomic E-state index is 10.0. The summed E-state index contributed by atoms with van der Waals surface area (Å²) in [7, 11) is 0. The zero-order valence-corrected chi connectivity index (χ0v) is 7.49. The van der Waals surface area contributed by atoms with E-state index in [1.54, 1.807) is 6.08 Å². The van der Waals surface area contributed by atoms with Gasteiger partial charge in [-0.2, -0.15) is 0 Å². The van der Waals surface area contributed by atoms with Crippen molar-refractivity contribution in [2.45, 2.75) is 32.6 Å². The van der Waals surface area contributed by atoms with Crippen LogP contribution >= 0.6 is 0 Å². The molecule has 0 fully saturated rings. The van der Waals surface area contributed by atoms with Crippen molar-refractivity contribution in [3.8, 4) is 0 Å². The number of hydrogen-bond donors (Lipinski definition) is 1. The molecular weight excluding hydrogens is 152 g/mol. The molecular formula is C10H16O2. The summed E-state index contributed by atoms with van der Waals surface area (Å²) in [5, 5.41) is 8.25. The lowest BCUT2D eigenvalue weighted by Crippen LogP contribution is -1.85. The van der Waals surface area contributed by atoms with Gasteiger partial charge in [-0.3, -0.25) is 0 Å². The van der Waals surface area contributed by atoms with Gasteiger partial charge in [0.15, 0.2) is 0 Å². The Bertz CT molecular complexity index is 169. The molecule has 0 amide bonds. The van der Waals surface area contributed by atoms with Crippen molar-refractivity contribution in [2.24, 2.45) is 0 Å². The predicted molar refractivity (Wildman–Crippen MR) is 50.1 cm³/mol. The summed E-state index contributed by atoms with van der Waals surface area (Å²) in [6.07, 6.45) is 11.1. The third kappa shape index (κ3) is 8.95. The highest BCUT2D eigenvalue weighted by atomic mass is 16.4. The first-order valence-corrected chi connectivity index (χ1v) is 4.31. The molecule has 0 aliphatic rings. The number of hydrogen-bond acceptors (Lipinski definition) is 1. The summed E-state index contributed by atoms with van der Waals surface area (Å²) in [6.45, 7) is 2.10. The van der Waals surface area contributed by atoms with Gasteiger partial charge in [-0.15, -0.1) is 0 Å². The van der Waals surface area contributed by atoms with E-state index in [9.17, 15) is 4.79 Å². The molecule has 1 N–H and O–H groups in total. The molecule has 0 radical (unpaired) electrons. The molecule has 2 nitrogen and oxygen atoms in total. The number of carboxylic acids is 1. The van der Waals surface area contributed by atoms with Gasteiger partial charge in [0, 0.05) is 6.08 Å². The highest BCUT2D eigenvalue weighted by Crippen LogP contribution is 1.98. The summed E-state index contributed by atoms with van der Waals surface area (Å²) < 4.78 is 0. The van der Waals surface area contributed by atoms with Crippen molar-refractivity contribution in [2.75, 3.05) is 0 Å². The van der Waals surface area contributed by atoms with E-state index in [1.165, 1.54) is 6.08 Å². The van der Waals surface area contributed by atoms with Gasteiger partial charge >= 0.3 is 5.97 Å². The van der Waals surface area contributed by atoms with Crippen molar-refractivity contribution >= 4 is 5.97 Å². The maximum Gasteiger partial charge on any atom is 0.327 e. The molecule has 0 aromatic heterocycles. The molecule has 0 saturated heterocycles. The van der Waals surface area contributed by atoms with E-state index in [1.807, 2.05) is 0 Å². The minimum atomic E-state index is -0.862. The number of carbonyl (C=O) groups is 1. The lowest BCUT2D eigenvalue weighted by Gasteiger charge is -1.88. The summed E-state index contributed by atoms with van der Waals surface area (Å²) in [4.78, 5) is 10.0. The Morgan fingerprint density at radius 2 is 1.92 bits per heavy atom. The van der Waals surface area contributed by atoms with E-state index in [-0.39, 0.29) is 0 Å². The second kappa shape index (κ2) is 8.05. The van der Waals surface area contributed by atoms with E-state index in [0.29, 0.717) is 0 Å². The molecule has 0 rings (SSSR count). The Morgan fingerprint density at radius 1 is 1.25 bits per heavy atom. The lowest BCUT2D eigenvalue weighted by molar-refractivity contribution is -0.131. The quantitative estimate of drug-likeness (QED) is 0.376. The van der Waals surface area contributed by atoms with Crippen LogP contribution in [0.1, 0.15) is 32.6 Å². The van der Waals surface area contributed by atoms with Crippen molar-refractivity contribution in [1.82, 2.24) is 0 Å². The first-order chi connectivity index (χ1) is 5.77. The SMILES string of the molecule is CC/C=C\CCC/C=C/C(=O)O. The Morgan fingerprint density at radius 3 is 2.50 bits per heavy atom. The lowest BCUT2D eigenvalue weighted by atomic mass is 10.2. The maximum absolute atomic E-state index is 10.0. The normalized spacial score (nSPS) is 11.4. The summed E-state index contributed by atoms with van der Waals surface area (Å²) in [5.41, 5.74) is 0. The number of carboxylic acid groups (broad SMARTS) is 1. The average Bonchev–Trinajstić information content (AvgIpc) is 2.02. The van der Waals surface area contributed by atoms with Crippen molar-refractivity contribution in [3.63, 3.8) is 0 Å². The van der Waals surface area contributed by atoms with Crippen LogP contribution in [-0.4, -0.2) is 11.1 Å². The Labute approximate surface area is 73.6 Å². The van der Waals surface area contributed by atoms with Crippen molar-refractivity contribution in [3.05, 3.63) is 24.3 Å². The third-order valence-electron chi connectivity index (χ3n) is 1.40. The molecule has 0 unspecified atom stereocenters.